The molecule has 0 fully saturated rings. The molecule has 5 nitrogen and oxygen atoms in total. The Morgan fingerprint density at radius 2 is 2.38 bits per heavy atom. The van der Waals surface area contributed by atoms with E-state index in [2.05, 4.69) is 5.10 Å². The van der Waals surface area contributed by atoms with Crippen LogP contribution in [0, 0.1) is 0 Å². The van der Waals surface area contributed by atoms with Gasteiger partial charge in [0.2, 0.25) is 0 Å². The highest BCUT2D eigenvalue weighted by molar-refractivity contribution is 5.96. The van der Waals surface area contributed by atoms with Crippen molar-refractivity contribution in [2.75, 3.05) is 0 Å². The Bertz CT molecular complexity index is 381. The first kappa shape index (κ1) is 7.97. The third-order valence-electron chi connectivity index (χ3n) is 2.20. The highest BCUT2D eigenvalue weighted by Gasteiger charge is 2.24. The van der Waals surface area contributed by atoms with Crippen LogP contribution in [0.2, 0.25) is 0 Å². The van der Waals surface area contributed by atoms with Crippen LogP contribution in [-0.2, 0) is 13.0 Å². The van der Waals surface area contributed by atoms with Crippen molar-refractivity contribution in [3.05, 3.63) is 17.0 Å². The van der Waals surface area contributed by atoms with Gasteiger partial charge in [-0.25, -0.2) is 4.79 Å². The summed E-state index contributed by atoms with van der Waals surface area (Å²) >= 11 is 0. The molecule has 0 atom stereocenters. The molecule has 0 bridgehead atoms. The van der Waals surface area contributed by atoms with Crippen LogP contribution in [0.3, 0.4) is 0 Å². The van der Waals surface area contributed by atoms with Crippen LogP contribution in [0.25, 0.3) is 0 Å². The fourth-order valence-electron chi connectivity index (χ4n) is 1.64. The van der Waals surface area contributed by atoms with Crippen LogP contribution in [-0.4, -0.2) is 27.1 Å². The van der Waals surface area contributed by atoms with Gasteiger partial charge in [-0.2, -0.15) is 5.10 Å². The number of carboxylic acid groups (broad SMARTS) is 1. The van der Waals surface area contributed by atoms with Crippen LogP contribution < -0.4 is 0 Å². The normalized spacial score (nSPS) is 14.2. The molecule has 1 aromatic rings. The van der Waals surface area contributed by atoms with Gasteiger partial charge >= 0.3 is 5.97 Å². The van der Waals surface area contributed by atoms with E-state index in [0.717, 1.165) is 18.5 Å². The van der Waals surface area contributed by atoms with Crippen molar-refractivity contribution in [2.24, 2.45) is 0 Å². The summed E-state index contributed by atoms with van der Waals surface area (Å²) < 4.78 is 1.60. The van der Waals surface area contributed by atoms with Gasteiger partial charge < -0.3 is 5.11 Å². The van der Waals surface area contributed by atoms with Gasteiger partial charge in [-0.1, -0.05) is 0 Å². The molecule has 0 amide bonds. The molecular formula is C8H8N2O3. The van der Waals surface area contributed by atoms with E-state index >= 15 is 0 Å². The topological polar surface area (TPSA) is 72.2 Å². The lowest BCUT2D eigenvalue weighted by Gasteiger charge is -1.89. The van der Waals surface area contributed by atoms with Crippen LogP contribution >= 0.6 is 0 Å². The summed E-state index contributed by atoms with van der Waals surface area (Å²) in [4.78, 5) is 21.3. The highest BCUT2D eigenvalue weighted by atomic mass is 16.4. The molecule has 0 saturated heterocycles. The molecule has 1 aliphatic rings. The molecule has 0 radical (unpaired) electrons. The van der Waals surface area contributed by atoms with Crippen LogP contribution in [0.1, 0.15) is 33.0 Å². The first-order valence-corrected chi connectivity index (χ1v) is 4.02. The summed E-state index contributed by atoms with van der Waals surface area (Å²) in [6.07, 6.45) is 2.25. The third kappa shape index (κ3) is 1.04. The summed E-state index contributed by atoms with van der Waals surface area (Å²) in [7, 11) is 0. The lowest BCUT2D eigenvalue weighted by atomic mass is 10.1. The number of fused-ring (bicyclic) bond motifs is 1. The van der Waals surface area contributed by atoms with Crippen molar-refractivity contribution in [2.45, 2.75) is 19.4 Å². The zero-order chi connectivity index (χ0) is 9.42. The number of hydrogen-bond acceptors (Lipinski definition) is 3. The lowest BCUT2D eigenvalue weighted by Crippen LogP contribution is -2.03. The quantitative estimate of drug-likeness (QED) is 0.666. The minimum atomic E-state index is -1.14. The van der Waals surface area contributed by atoms with E-state index in [1.54, 1.807) is 4.68 Å². The average Bonchev–Trinajstić information content (AvgIpc) is 2.60. The summed E-state index contributed by atoms with van der Waals surface area (Å²) in [5.41, 5.74) is 0.877. The maximum absolute atomic E-state index is 10.7. The predicted molar refractivity (Wildman–Crippen MR) is 42.9 cm³/mol. The van der Waals surface area contributed by atoms with Gasteiger partial charge in [-0.15, -0.1) is 0 Å². The number of nitrogens with zero attached hydrogens (tertiary/aromatic N) is 2. The fourth-order valence-corrected chi connectivity index (χ4v) is 1.64. The number of rotatable bonds is 2. The van der Waals surface area contributed by atoms with Crippen LogP contribution in [0.15, 0.2) is 0 Å². The van der Waals surface area contributed by atoms with E-state index in [1.165, 1.54) is 0 Å². The standard InChI is InChI=1S/C8H8N2O3/c11-4-5-6-2-1-3-10(6)9-7(5)8(12)13/h4H,1-3H2,(H,12,13). The number of hydrogen-bond donors (Lipinski definition) is 1. The third-order valence-corrected chi connectivity index (χ3v) is 2.20. The zero-order valence-electron chi connectivity index (χ0n) is 6.86. The molecule has 1 aliphatic heterocycles. The minimum absolute atomic E-state index is 0.121. The molecular weight excluding hydrogens is 172 g/mol. The molecule has 13 heavy (non-hydrogen) atoms. The van der Waals surface area contributed by atoms with Crippen molar-refractivity contribution in [1.29, 1.82) is 0 Å². The molecule has 1 N–H and O–H groups in total. The zero-order valence-corrected chi connectivity index (χ0v) is 6.86. The second kappa shape index (κ2) is 2.69. The van der Waals surface area contributed by atoms with E-state index in [4.69, 9.17) is 5.11 Å². The van der Waals surface area contributed by atoms with E-state index in [0.29, 0.717) is 12.8 Å². The summed E-state index contributed by atoms with van der Waals surface area (Å²) in [5.74, 6) is -1.14. The number of carbonyl (C=O) groups is 2. The Labute approximate surface area is 74.0 Å². The number of carbonyl (C=O) groups excluding carboxylic acids is 1. The van der Waals surface area contributed by atoms with Crippen molar-refractivity contribution < 1.29 is 14.7 Å². The van der Waals surface area contributed by atoms with Gasteiger partial charge in [0, 0.05) is 12.2 Å². The molecule has 68 valence electrons. The monoisotopic (exact) mass is 180 g/mol. The fraction of sp³-hybridized carbons (Fsp3) is 0.375. The van der Waals surface area contributed by atoms with Crippen molar-refractivity contribution in [3.8, 4) is 0 Å². The van der Waals surface area contributed by atoms with E-state index < -0.39 is 5.97 Å². The molecule has 0 unspecified atom stereocenters. The van der Waals surface area contributed by atoms with E-state index in [-0.39, 0.29) is 11.3 Å². The van der Waals surface area contributed by atoms with Gasteiger partial charge in [0.15, 0.2) is 12.0 Å². The molecule has 1 aromatic heterocycles. The second-order valence-electron chi connectivity index (χ2n) is 2.96. The van der Waals surface area contributed by atoms with Gasteiger partial charge in [0.1, 0.15) is 0 Å². The molecule has 0 spiro atoms. The number of aromatic carboxylic acids is 1. The number of carboxylic acids is 1. The first-order valence-electron chi connectivity index (χ1n) is 4.02. The minimum Gasteiger partial charge on any atom is -0.476 e. The van der Waals surface area contributed by atoms with E-state index in [1.807, 2.05) is 0 Å². The predicted octanol–water partition coefficient (Wildman–Crippen LogP) is 0.340. The smallest absolute Gasteiger partial charge is 0.357 e. The van der Waals surface area contributed by atoms with Crippen molar-refractivity contribution >= 4 is 12.3 Å². The summed E-state index contributed by atoms with van der Waals surface area (Å²) in [5, 5.41) is 12.6. The van der Waals surface area contributed by atoms with Gasteiger partial charge in [0.05, 0.1) is 5.56 Å². The van der Waals surface area contributed by atoms with Gasteiger partial charge in [-0.3, -0.25) is 9.48 Å². The maximum Gasteiger partial charge on any atom is 0.357 e. The van der Waals surface area contributed by atoms with E-state index in [9.17, 15) is 9.59 Å². The second-order valence-corrected chi connectivity index (χ2v) is 2.96. The number of aryl methyl sites for hydroxylation is 1. The SMILES string of the molecule is O=Cc1c(C(=O)O)nn2c1CCC2. The Hall–Kier alpha value is -1.65. The molecule has 2 heterocycles. The summed E-state index contributed by atoms with van der Waals surface area (Å²) in [6.45, 7) is 0.712. The lowest BCUT2D eigenvalue weighted by molar-refractivity contribution is 0.0686. The summed E-state index contributed by atoms with van der Waals surface area (Å²) in [6, 6.07) is 0. The van der Waals surface area contributed by atoms with Gasteiger partial charge in [-0.05, 0) is 12.8 Å². The van der Waals surface area contributed by atoms with Crippen LogP contribution in [0.5, 0.6) is 0 Å². The molecule has 5 heteroatoms. The highest BCUT2D eigenvalue weighted by Crippen LogP contribution is 2.20. The van der Waals surface area contributed by atoms with Crippen molar-refractivity contribution in [1.82, 2.24) is 9.78 Å². The maximum atomic E-state index is 10.7. The molecule has 0 aliphatic carbocycles. The van der Waals surface area contributed by atoms with Gasteiger partial charge in [0.25, 0.3) is 0 Å². The Kier molecular flexibility index (Phi) is 1.65. The van der Waals surface area contributed by atoms with Crippen molar-refractivity contribution in [3.63, 3.8) is 0 Å². The Morgan fingerprint density at radius 1 is 1.62 bits per heavy atom. The Balaban J connectivity index is 2.60. The largest absolute Gasteiger partial charge is 0.476 e. The average molecular weight is 180 g/mol. The first-order chi connectivity index (χ1) is 6.24. The van der Waals surface area contributed by atoms with Crippen LogP contribution in [0.4, 0.5) is 0 Å². The number of aromatic nitrogens is 2. The number of aldehydes is 1. The molecule has 0 aromatic carbocycles. The molecule has 0 saturated carbocycles. The Morgan fingerprint density at radius 3 is 3.00 bits per heavy atom. The molecule has 2 rings (SSSR count).